The third kappa shape index (κ3) is 3.40. The Balaban J connectivity index is 2.26. The summed E-state index contributed by atoms with van der Waals surface area (Å²) in [6.07, 6.45) is 1.65. The van der Waals surface area contributed by atoms with E-state index in [2.05, 4.69) is 21.8 Å². The number of anilines is 1. The lowest BCUT2D eigenvalue weighted by Crippen LogP contribution is -2.44. The molecule has 0 saturated carbocycles. The Bertz CT molecular complexity index is 458. The van der Waals surface area contributed by atoms with Gasteiger partial charge in [-0.2, -0.15) is 0 Å². The third-order valence-electron chi connectivity index (χ3n) is 2.75. The number of hydrogen-bond acceptors (Lipinski definition) is 5. The van der Waals surface area contributed by atoms with Crippen LogP contribution in [0.1, 0.15) is 12.6 Å². The molecule has 7 heteroatoms. The number of rotatable bonds is 3. The van der Waals surface area contributed by atoms with Crippen molar-refractivity contribution >= 4 is 28.2 Å². The molecule has 5 nitrogen and oxygen atoms in total. The van der Waals surface area contributed by atoms with Crippen LogP contribution in [0.3, 0.4) is 0 Å². The molecule has 0 amide bonds. The Kier molecular flexibility index (Phi) is 4.53. The lowest BCUT2D eigenvalue weighted by atomic mass is 10.2. The summed E-state index contributed by atoms with van der Waals surface area (Å²) < 4.78 is 16.6. The standard InChI is InChI=1S/C11H16ClN3O2S/c1-8-6-17-4-3-15(8)10-5-9(7-18(2)16)13-11(12)14-10/h5,8H,3-4,6-7H2,1-2H3. The lowest BCUT2D eigenvalue weighted by molar-refractivity contribution is 0.0985. The van der Waals surface area contributed by atoms with Crippen molar-refractivity contribution in [2.45, 2.75) is 18.7 Å². The Labute approximate surface area is 114 Å². The van der Waals surface area contributed by atoms with Crippen molar-refractivity contribution in [1.29, 1.82) is 0 Å². The quantitative estimate of drug-likeness (QED) is 0.784. The molecule has 2 atom stereocenters. The van der Waals surface area contributed by atoms with Gasteiger partial charge >= 0.3 is 0 Å². The predicted molar refractivity (Wildman–Crippen MR) is 72.4 cm³/mol. The normalized spacial score (nSPS) is 21.9. The molecule has 2 rings (SSSR count). The highest BCUT2D eigenvalue weighted by molar-refractivity contribution is 7.83. The summed E-state index contributed by atoms with van der Waals surface area (Å²) in [5.41, 5.74) is 0.713. The van der Waals surface area contributed by atoms with E-state index >= 15 is 0 Å². The van der Waals surface area contributed by atoms with E-state index in [0.29, 0.717) is 24.7 Å². The van der Waals surface area contributed by atoms with E-state index < -0.39 is 10.8 Å². The number of hydrogen-bond donors (Lipinski definition) is 0. The molecule has 1 aromatic rings. The first-order valence-corrected chi connectivity index (χ1v) is 7.84. The molecule has 0 bridgehead atoms. The Morgan fingerprint density at radius 2 is 2.39 bits per heavy atom. The summed E-state index contributed by atoms with van der Waals surface area (Å²) in [5, 5.41) is 0.201. The second-order valence-electron chi connectivity index (χ2n) is 4.32. The maximum absolute atomic E-state index is 11.3. The Hall–Kier alpha value is -0.720. The van der Waals surface area contributed by atoms with Crippen LogP contribution in [-0.2, 0) is 21.3 Å². The largest absolute Gasteiger partial charge is 0.377 e. The van der Waals surface area contributed by atoms with Crippen LogP contribution in [0.4, 0.5) is 5.82 Å². The Morgan fingerprint density at radius 1 is 1.61 bits per heavy atom. The fourth-order valence-electron chi connectivity index (χ4n) is 1.95. The van der Waals surface area contributed by atoms with Crippen LogP contribution in [-0.4, -0.2) is 46.2 Å². The second-order valence-corrected chi connectivity index (χ2v) is 6.09. The number of aromatic nitrogens is 2. The van der Waals surface area contributed by atoms with Gasteiger partial charge in [0.25, 0.3) is 0 Å². The zero-order valence-electron chi connectivity index (χ0n) is 10.4. The van der Waals surface area contributed by atoms with Gasteiger partial charge in [0.05, 0.1) is 30.7 Å². The summed E-state index contributed by atoms with van der Waals surface area (Å²) >= 11 is 5.92. The molecular formula is C11H16ClN3O2S. The molecule has 0 N–H and O–H groups in total. The first-order chi connectivity index (χ1) is 8.56. The van der Waals surface area contributed by atoms with Crippen LogP contribution in [0, 0.1) is 0 Å². The summed E-state index contributed by atoms with van der Waals surface area (Å²) in [7, 11) is -0.939. The van der Waals surface area contributed by atoms with Gasteiger partial charge in [0, 0.05) is 29.7 Å². The van der Waals surface area contributed by atoms with E-state index in [1.807, 2.05) is 6.07 Å². The summed E-state index contributed by atoms with van der Waals surface area (Å²) in [6.45, 7) is 4.22. The minimum Gasteiger partial charge on any atom is -0.377 e. The highest BCUT2D eigenvalue weighted by Gasteiger charge is 2.21. The van der Waals surface area contributed by atoms with E-state index in [9.17, 15) is 4.21 Å². The first kappa shape index (κ1) is 13.7. The van der Waals surface area contributed by atoms with Crippen molar-refractivity contribution in [2.24, 2.45) is 0 Å². The smallest absolute Gasteiger partial charge is 0.224 e. The maximum Gasteiger partial charge on any atom is 0.224 e. The average molecular weight is 290 g/mol. The van der Waals surface area contributed by atoms with E-state index in [0.717, 1.165) is 12.4 Å². The molecule has 100 valence electrons. The van der Waals surface area contributed by atoms with Crippen molar-refractivity contribution in [3.8, 4) is 0 Å². The van der Waals surface area contributed by atoms with Gasteiger partial charge in [-0.25, -0.2) is 9.97 Å². The van der Waals surface area contributed by atoms with Gasteiger partial charge in [-0.3, -0.25) is 4.21 Å². The molecule has 18 heavy (non-hydrogen) atoms. The summed E-state index contributed by atoms with van der Waals surface area (Å²) in [6, 6.07) is 2.11. The van der Waals surface area contributed by atoms with Crippen LogP contribution >= 0.6 is 11.6 Å². The molecule has 1 aliphatic rings. The van der Waals surface area contributed by atoms with Crippen LogP contribution in [0.2, 0.25) is 5.28 Å². The van der Waals surface area contributed by atoms with Gasteiger partial charge in [0.1, 0.15) is 5.82 Å². The minimum atomic E-state index is -0.939. The number of halogens is 1. The zero-order chi connectivity index (χ0) is 13.1. The molecule has 0 spiro atoms. The monoisotopic (exact) mass is 289 g/mol. The average Bonchev–Trinajstić information content (AvgIpc) is 2.27. The van der Waals surface area contributed by atoms with E-state index in [1.54, 1.807) is 6.26 Å². The van der Waals surface area contributed by atoms with Crippen LogP contribution in [0.15, 0.2) is 6.07 Å². The number of nitrogens with zero attached hydrogens (tertiary/aromatic N) is 3. The summed E-state index contributed by atoms with van der Waals surface area (Å²) in [4.78, 5) is 10.5. The van der Waals surface area contributed by atoms with E-state index in [4.69, 9.17) is 16.3 Å². The Morgan fingerprint density at radius 3 is 3.06 bits per heavy atom. The molecule has 1 aromatic heterocycles. The number of morpholine rings is 1. The molecule has 0 radical (unpaired) electrons. The molecule has 1 saturated heterocycles. The highest BCUT2D eigenvalue weighted by Crippen LogP contribution is 2.20. The first-order valence-electron chi connectivity index (χ1n) is 5.74. The van der Waals surface area contributed by atoms with E-state index in [-0.39, 0.29) is 11.3 Å². The van der Waals surface area contributed by atoms with Crippen molar-refractivity contribution in [3.63, 3.8) is 0 Å². The maximum atomic E-state index is 11.3. The van der Waals surface area contributed by atoms with Gasteiger partial charge < -0.3 is 9.64 Å². The SMILES string of the molecule is CC1COCCN1c1cc(CS(C)=O)nc(Cl)n1. The molecule has 0 aromatic carbocycles. The van der Waals surface area contributed by atoms with Gasteiger partial charge in [0.2, 0.25) is 5.28 Å². The van der Waals surface area contributed by atoms with Crippen LogP contribution in [0.5, 0.6) is 0 Å². The van der Waals surface area contributed by atoms with Gasteiger partial charge in [-0.05, 0) is 18.5 Å². The molecule has 2 heterocycles. The van der Waals surface area contributed by atoms with Crippen LogP contribution < -0.4 is 4.90 Å². The molecule has 1 aliphatic heterocycles. The fourth-order valence-corrected chi connectivity index (χ4v) is 2.71. The van der Waals surface area contributed by atoms with Crippen LogP contribution in [0.25, 0.3) is 0 Å². The molecule has 2 unspecified atom stereocenters. The molecule has 1 fully saturated rings. The van der Waals surface area contributed by atoms with E-state index in [1.165, 1.54) is 0 Å². The molecule has 0 aliphatic carbocycles. The fraction of sp³-hybridized carbons (Fsp3) is 0.636. The predicted octanol–water partition coefficient (Wildman–Crippen LogP) is 1.23. The molecular weight excluding hydrogens is 274 g/mol. The van der Waals surface area contributed by atoms with Gasteiger partial charge in [0.15, 0.2) is 0 Å². The minimum absolute atomic E-state index is 0.201. The van der Waals surface area contributed by atoms with Gasteiger partial charge in [-0.1, -0.05) is 0 Å². The van der Waals surface area contributed by atoms with Crippen molar-refractivity contribution in [1.82, 2.24) is 9.97 Å². The second kappa shape index (κ2) is 5.95. The summed E-state index contributed by atoms with van der Waals surface area (Å²) in [5.74, 6) is 1.18. The lowest BCUT2D eigenvalue weighted by Gasteiger charge is -2.34. The topological polar surface area (TPSA) is 55.3 Å². The third-order valence-corrected chi connectivity index (χ3v) is 3.62. The van der Waals surface area contributed by atoms with Gasteiger partial charge in [-0.15, -0.1) is 0 Å². The van der Waals surface area contributed by atoms with Crippen molar-refractivity contribution in [3.05, 3.63) is 17.0 Å². The van der Waals surface area contributed by atoms with Crippen molar-refractivity contribution < 1.29 is 8.95 Å². The number of ether oxygens (including phenoxy) is 1. The zero-order valence-corrected chi connectivity index (χ0v) is 12.0. The highest BCUT2D eigenvalue weighted by atomic mass is 35.5. The van der Waals surface area contributed by atoms with Crippen molar-refractivity contribution in [2.75, 3.05) is 30.9 Å².